The van der Waals surface area contributed by atoms with E-state index >= 15 is 0 Å². The molecule has 1 aromatic heterocycles. The first-order valence-corrected chi connectivity index (χ1v) is 4.84. The van der Waals surface area contributed by atoms with Gasteiger partial charge in [0.15, 0.2) is 0 Å². The fourth-order valence-corrected chi connectivity index (χ4v) is 1.14. The molecule has 0 radical (unpaired) electrons. The predicted octanol–water partition coefficient (Wildman–Crippen LogP) is 0.505. The van der Waals surface area contributed by atoms with Crippen LogP contribution in [0.3, 0.4) is 0 Å². The lowest BCUT2D eigenvalue weighted by Gasteiger charge is -1.99. The highest BCUT2D eigenvalue weighted by Crippen LogP contribution is 2.08. The molecule has 0 fully saturated rings. The number of rotatable bonds is 6. The van der Waals surface area contributed by atoms with Gasteiger partial charge in [-0.25, -0.2) is 4.79 Å². The first-order chi connectivity index (χ1) is 7.27. The molecule has 0 aliphatic carbocycles. The second-order valence-electron chi connectivity index (χ2n) is 3.11. The van der Waals surface area contributed by atoms with Crippen molar-refractivity contribution in [2.45, 2.75) is 13.0 Å². The van der Waals surface area contributed by atoms with Gasteiger partial charge in [0, 0.05) is 0 Å². The van der Waals surface area contributed by atoms with Gasteiger partial charge in [0.05, 0.1) is 19.2 Å². The number of carbonyl (C=O) groups excluding carboxylic acids is 1. The van der Waals surface area contributed by atoms with E-state index in [1.54, 1.807) is 6.07 Å². The molecule has 3 N–H and O–H groups in total. The molecule has 1 rings (SSSR count). The van der Waals surface area contributed by atoms with Crippen LogP contribution < -0.4 is 11.1 Å². The number of hydrogen-bond donors (Lipinski definition) is 2. The topological polar surface area (TPSA) is 77.5 Å². The molecule has 5 nitrogen and oxygen atoms in total. The molecular weight excluding hydrogens is 196 g/mol. The first-order valence-electron chi connectivity index (χ1n) is 4.84. The smallest absolute Gasteiger partial charge is 0.341 e. The Bertz CT molecular complexity index is 309. The molecule has 84 valence electrons. The highest BCUT2D eigenvalue weighted by atomic mass is 16.5. The van der Waals surface area contributed by atoms with Gasteiger partial charge in [-0.15, -0.1) is 0 Å². The van der Waals surface area contributed by atoms with Crippen molar-refractivity contribution < 1.29 is 13.9 Å². The number of nitrogens with one attached hydrogen (secondary N) is 1. The van der Waals surface area contributed by atoms with E-state index < -0.39 is 0 Å². The summed E-state index contributed by atoms with van der Waals surface area (Å²) in [5.41, 5.74) is 5.78. The third kappa shape index (κ3) is 3.73. The van der Waals surface area contributed by atoms with Gasteiger partial charge < -0.3 is 20.2 Å². The second-order valence-corrected chi connectivity index (χ2v) is 3.11. The van der Waals surface area contributed by atoms with Crippen LogP contribution in [0.4, 0.5) is 0 Å². The van der Waals surface area contributed by atoms with Crippen molar-refractivity contribution in [3.8, 4) is 0 Å². The highest BCUT2D eigenvalue weighted by molar-refractivity contribution is 5.88. The Labute approximate surface area is 88.6 Å². The maximum atomic E-state index is 11.1. The Morgan fingerprint density at radius 1 is 1.67 bits per heavy atom. The molecule has 5 heteroatoms. The van der Waals surface area contributed by atoms with Gasteiger partial charge in [0.1, 0.15) is 12.0 Å². The number of furan rings is 1. The van der Waals surface area contributed by atoms with Crippen molar-refractivity contribution >= 4 is 5.97 Å². The third-order valence-corrected chi connectivity index (χ3v) is 1.93. The summed E-state index contributed by atoms with van der Waals surface area (Å²) in [6.45, 7) is 2.10. The lowest BCUT2D eigenvalue weighted by molar-refractivity contribution is 0.0600. The fourth-order valence-electron chi connectivity index (χ4n) is 1.14. The van der Waals surface area contributed by atoms with E-state index in [1.807, 2.05) is 0 Å². The zero-order chi connectivity index (χ0) is 11.1. The SMILES string of the molecule is COC(=O)c1coc(CNCCCN)c1. The van der Waals surface area contributed by atoms with Crippen molar-refractivity contribution in [1.29, 1.82) is 0 Å². The van der Waals surface area contributed by atoms with Crippen molar-refractivity contribution in [3.05, 3.63) is 23.7 Å². The van der Waals surface area contributed by atoms with E-state index in [0.717, 1.165) is 13.0 Å². The Morgan fingerprint density at radius 3 is 3.13 bits per heavy atom. The maximum absolute atomic E-state index is 11.1. The van der Waals surface area contributed by atoms with Gasteiger partial charge in [-0.05, 0) is 25.6 Å². The summed E-state index contributed by atoms with van der Waals surface area (Å²) in [7, 11) is 1.34. The quantitative estimate of drug-likeness (QED) is 0.530. The van der Waals surface area contributed by atoms with E-state index in [0.29, 0.717) is 24.4 Å². The van der Waals surface area contributed by atoms with Gasteiger partial charge in [-0.2, -0.15) is 0 Å². The molecule has 0 amide bonds. The number of methoxy groups -OCH3 is 1. The number of nitrogens with two attached hydrogens (primary N) is 1. The Hall–Kier alpha value is -1.33. The summed E-state index contributed by atoms with van der Waals surface area (Å²) in [4.78, 5) is 11.1. The monoisotopic (exact) mass is 212 g/mol. The number of hydrogen-bond acceptors (Lipinski definition) is 5. The molecule has 0 saturated heterocycles. The summed E-state index contributed by atoms with van der Waals surface area (Å²) >= 11 is 0. The second kappa shape index (κ2) is 6.21. The summed E-state index contributed by atoms with van der Waals surface area (Å²) in [6, 6.07) is 1.67. The Balaban J connectivity index is 2.36. The minimum Gasteiger partial charge on any atom is -0.467 e. The van der Waals surface area contributed by atoms with Gasteiger partial charge >= 0.3 is 5.97 Å². The molecule has 0 aliphatic heterocycles. The van der Waals surface area contributed by atoms with Crippen molar-refractivity contribution in [3.63, 3.8) is 0 Å². The van der Waals surface area contributed by atoms with E-state index in [1.165, 1.54) is 13.4 Å². The van der Waals surface area contributed by atoms with E-state index in [9.17, 15) is 4.79 Å². The molecule has 1 aromatic rings. The average Bonchev–Trinajstić information content (AvgIpc) is 2.72. The van der Waals surface area contributed by atoms with Gasteiger partial charge in [-0.1, -0.05) is 0 Å². The normalized spacial score (nSPS) is 10.3. The minimum atomic E-state index is -0.382. The molecular formula is C10H16N2O3. The molecule has 0 aliphatic rings. The van der Waals surface area contributed by atoms with Crippen LogP contribution in [0.25, 0.3) is 0 Å². The Kier molecular flexibility index (Phi) is 4.86. The van der Waals surface area contributed by atoms with Crippen molar-refractivity contribution in [2.24, 2.45) is 5.73 Å². The van der Waals surface area contributed by atoms with Crippen LogP contribution >= 0.6 is 0 Å². The van der Waals surface area contributed by atoms with Crippen LogP contribution in [0, 0.1) is 0 Å². The highest BCUT2D eigenvalue weighted by Gasteiger charge is 2.09. The van der Waals surface area contributed by atoms with Crippen LogP contribution in [0.15, 0.2) is 16.7 Å². The fraction of sp³-hybridized carbons (Fsp3) is 0.500. The molecule has 1 heterocycles. The van der Waals surface area contributed by atoms with E-state index in [4.69, 9.17) is 10.2 Å². The Morgan fingerprint density at radius 2 is 2.47 bits per heavy atom. The number of esters is 1. The first kappa shape index (κ1) is 11.7. The van der Waals surface area contributed by atoms with Crippen LogP contribution in [0.1, 0.15) is 22.5 Å². The van der Waals surface area contributed by atoms with Crippen LogP contribution in [-0.4, -0.2) is 26.2 Å². The largest absolute Gasteiger partial charge is 0.467 e. The third-order valence-electron chi connectivity index (χ3n) is 1.93. The summed E-state index contributed by atoms with van der Waals surface area (Å²) in [5.74, 6) is 0.333. The average molecular weight is 212 g/mol. The number of carbonyl (C=O) groups is 1. The molecule has 0 aromatic carbocycles. The van der Waals surface area contributed by atoms with Crippen LogP contribution in [0.2, 0.25) is 0 Å². The minimum absolute atomic E-state index is 0.382. The zero-order valence-corrected chi connectivity index (χ0v) is 8.79. The number of ether oxygens (including phenoxy) is 1. The molecule has 0 spiro atoms. The lowest BCUT2D eigenvalue weighted by Crippen LogP contribution is -2.17. The zero-order valence-electron chi connectivity index (χ0n) is 8.79. The maximum Gasteiger partial charge on any atom is 0.341 e. The summed E-state index contributed by atoms with van der Waals surface area (Å²) in [5, 5.41) is 3.15. The summed E-state index contributed by atoms with van der Waals surface area (Å²) < 4.78 is 9.73. The van der Waals surface area contributed by atoms with Crippen molar-refractivity contribution in [1.82, 2.24) is 5.32 Å². The molecule has 0 atom stereocenters. The lowest BCUT2D eigenvalue weighted by atomic mass is 10.3. The standard InChI is InChI=1S/C10H16N2O3/c1-14-10(13)8-5-9(15-7-8)6-12-4-2-3-11/h5,7,12H,2-4,6,11H2,1H3. The van der Waals surface area contributed by atoms with Gasteiger partial charge in [0.2, 0.25) is 0 Å². The molecule has 15 heavy (non-hydrogen) atoms. The van der Waals surface area contributed by atoms with E-state index in [2.05, 4.69) is 10.1 Å². The molecule has 0 bridgehead atoms. The molecule has 0 saturated carbocycles. The molecule has 0 unspecified atom stereocenters. The van der Waals surface area contributed by atoms with Crippen molar-refractivity contribution in [2.75, 3.05) is 20.2 Å². The predicted molar refractivity (Wildman–Crippen MR) is 55.4 cm³/mol. The van der Waals surface area contributed by atoms with Crippen LogP contribution in [-0.2, 0) is 11.3 Å². The summed E-state index contributed by atoms with van der Waals surface area (Å²) in [6.07, 6.45) is 2.32. The van der Waals surface area contributed by atoms with Crippen LogP contribution in [0.5, 0.6) is 0 Å². The van der Waals surface area contributed by atoms with Gasteiger partial charge in [-0.3, -0.25) is 0 Å². The van der Waals surface area contributed by atoms with E-state index in [-0.39, 0.29) is 5.97 Å². The van der Waals surface area contributed by atoms with Gasteiger partial charge in [0.25, 0.3) is 0 Å².